The van der Waals surface area contributed by atoms with Crippen LogP contribution in [0.15, 0.2) is 0 Å². The minimum atomic E-state index is 0.144. The molecule has 1 nitrogen and oxygen atoms in total. The average Bonchev–Trinajstić information content (AvgIpc) is 2.50. The normalized spacial score (nSPS) is 25.7. The second kappa shape index (κ2) is 2.70. The average molecular weight is 126 g/mol. The topological polar surface area (TPSA) is 23.8 Å². The van der Waals surface area contributed by atoms with Crippen LogP contribution in [0.3, 0.4) is 0 Å². The van der Waals surface area contributed by atoms with Crippen molar-refractivity contribution in [1.82, 2.24) is 5.73 Å². The van der Waals surface area contributed by atoms with E-state index in [2.05, 4.69) is 6.92 Å². The van der Waals surface area contributed by atoms with E-state index in [0.717, 1.165) is 5.92 Å². The van der Waals surface area contributed by atoms with Gasteiger partial charge in [-0.15, -0.1) is 0 Å². The second-order valence-electron chi connectivity index (χ2n) is 3.45. The van der Waals surface area contributed by atoms with Crippen molar-refractivity contribution in [3.8, 4) is 0 Å². The maximum absolute atomic E-state index is 7.40. The Labute approximate surface area is 57.6 Å². The van der Waals surface area contributed by atoms with Gasteiger partial charge in [-0.3, -0.25) is 5.73 Å². The molecule has 1 saturated carbocycles. The van der Waals surface area contributed by atoms with Crippen molar-refractivity contribution < 1.29 is 0 Å². The summed E-state index contributed by atoms with van der Waals surface area (Å²) in [6.07, 6.45) is 4.15. The molecule has 1 fully saturated rings. The molecular weight excluding hydrogens is 110 g/mol. The Kier molecular flexibility index (Phi) is 2.12. The molecule has 0 spiro atoms. The van der Waals surface area contributed by atoms with Gasteiger partial charge in [0.05, 0.1) is 0 Å². The van der Waals surface area contributed by atoms with Crippen LogP contribution in [0.2, 0.25) is 0 Å². The summed E-state index contributed by atoms with van der Waals surface area (Å²) in [4.78, 5) is 0. The van der Waals surface area contributed by atoms with Crippen LogP contribution in [0, 0.1) is 11.8 Å². The first kappa shape index (κ1) is 7.07. The van der Waals surface area contributed by atoms with Gasteiger partial charge >= 0.3 is 0 Å². The van der Waals surface area contributed by atoms with Crippen molar-refractivity contribution in [3.05, 3.63) is 0 Å². The third-order valence-corrected chi connectivity index (χ3v) is 2.26. The smallest absolute Gasteiger partial charge is 0.0210 e. The predicted octanol–water partition coefficient (Wildman–Crippen LogP) is 2.09. The zero-order chi connectivity index (χ0) is 6.85. The molecular formula is C8H16N. The molecule has 0 saturated heterocycles. The van der Waals surface area contributed by atoms with Crippen molar-refractivity contribution in [2.75, 3.05) is 0 Å². The predicted molar refractivity (Wildman–Crippen MR) is 39.1 cm³/mol. The van der Waals surface area contributed by atoms with E-state index in [1.165, 1.54) is 19.3 Å². The van der Waals surface area contributed by atoms with Gasteiger partial charge in [-0.05, 0) is 25.2 Å². The molecule has 1 rings (SSSR count). The minimum absolute atomic E-state index is 0.144. The molecule has 1 aliphatic carbocycles. The zero-order valence-electron chi connectivity index (χ0n) is 6.35. The Balaban J connectivity index is 2.09. The van der Waals surface area contributed by atoms with E-state index in [4.69, 9.17) is 5.73 Å². The van der Waals surface area contributed by atoms with Crippen molar-refractivity contribution in [2.45, 2.75) is 39.2 Å². The summed E-state index contributed by atoms with van der Waals surface area (Å²) in [7, 11) is 0. The molecule has 0 aromatic carbocycles. The van der Waals surface area contributed by atoms with Crippen LogP contribution in [0.4, 0.5) is 0 Å². The first-order chi connectivity index (χ1) is 4.20. The first-order valence-electron chi connectivity index (χ1n) is 3.91. The van der Waals surface area contributed by atoms with E-state index >= 15 is 0 Å². The SMILES string of the molecule is CC([NH])C(C)CC1CC1. The van der Waals surface area contributed by atoms with Crippen LogP contribution < -0.4 is 5.73 Å². The molecule has 2 atom stereocenters. The number of rotatable bonds is 3. The minimum Gasteiger partial charge on any atom is -0.255 e. The van der Waals surface area contributed by atoms with Crippen LogP contribution in [-0.2, 0) is 0 Å². The lowest BCUT2D eigenvalue weighted by molar-refractivity contribution is 0.418. The van der Waals surface area contributed by atoms with Gasteiger partial charge in [0.25, 0.3) is 0 Å². The van der Waals surface area contributed by atoms with Gasteiger partial charge in [0.2, 0.25) is 0 Å². The molecule has 0 amide bonds. The fraction of sp³-hybridized carbons (Fsp3) is 1.00. The molecule has 0 aromatic heterocycles. The van der Waals surface area contributed by atoms with Crippen LogP contribution in [0.5, 0.6) is 0 Å². The molecule has 0 bridgehead atoms. The summed E-state index contributed by atoms with van der Waals surface area (Å²) in [5, 5.41) is 0. The van der Waals surface area contributed by atoms with Crippen LogP contribution >= 0.6 is 0 Å². The van der Waals surface area contributed by atoms with Gasteiger partial charge in [0.15, 0.2) is 0 Å². The summed E-state index contributed by atoms with van der Waals surface area (Å²) < 4.78 is 0. The molecule has 1 radical (unpaired) electrons. The molecule has 1 N–H and O–H groups in total. The van der Waals surface area contributed by atoms with Gasteiger partial charge in [-0.2, -0.15) is 0 Å². The summed E-state index contributed by atoms with van der Waals surface area (Å²) in [5.74, 6) is 1.62. The third-order valence-electron chi connectivity index (χ3n) is 2.26. The Hall–Kier alpha value is -0.0400. The van der Waals surface area contributed by atoms with Crippen LogP contribution in [-0.4, -0.2) is 6.04 Å². The molecule has 0 aliphatic heterocycles. The third kappa shape index (κ3) is 2.35. The van der Waals surface area contributed by atoms with Crippen molar-refractivity contribution >= 4 is 0 Å². The van der Waals surface area contributed by atoms with Gasteiger partial charge < -0.3 is 0 Å². The maximum atomic E-state index is 7.40. The lowest BCUT2D eigenvalue weighted by Crippen LogP contribution is -2.15. The highest BCUT2D eigenvalue weighted by molar-refractivity contribution is 4.77. The molecule has 1 heteroatoms. The summed E-state index contributed by atoms with van der Waals surface area (Å²) >= 11 is 0. The summed E-state index contributed by atoms with van der Waals surface area (Å²) in [6, 6.07) is 0.144. The molecule has 9 heavy (non-hydrogen) atoms. The van der Waals surface area contributed by atoms with Crippen LogP contribution in [0.1, 0.15) is 33.1 Å². The lowest BCUT2D eigenvalue weighted by Gasteiger charge is -2.12. The van der Waals surface area contributed by atoms with E-state index < -0.39 is 0 Å². The van der Waals surface area contributed by atoms with Gasteiger partial charge in [0, 0.05) is 6.04 Å². The molecule has 0 heterocycles. The fourth-order valence-electron chi connectivity index (χ4n) is 1.08. The number of hydrogen-bond acceptors (Lipinski definition) is 0. The zero-order valence-corrected chi connectivity index (χ0v) is 6.35. The molecule has 0 aromatic rings. The molecule has 53 valence electrons. The largest absolute Gasteiger partial charge is 0.255 e. The van der Waals surface area contributed by atoms with Gasteiger partial charge in [0.1, 0.15) is 0 Å². The first-order valence-corrected chi connectivity index (χ1v) is 3.91. The standard InChI is InChI=1S/C8H16N/c1-6(7(2)9)5-8-3-4-8/h6-9H,3-5H2,1-2H3. The number of hydrogen-bond donors (Lipinski definition) is 0. The lowest BCUT2D eigenvalue weighted by atomic mass is 9.98. The summed E-state index contributed by atoms with van der Waals surface area (Å²) in [6.45, 7) is 4.18. The maximum Gasteiger partial charge on any atom is 0.0210 e. The van der Waals surface area contributed by atoms with E-state index in [0.29, 0.717) is 5.92 Å². The molecule has 1 aliphatic rings. The molecule has 2 unspecified atom stereocenters. The van der Waals surface area contributed by atoms with Gasteiger partial charge in [-0.1, -0.05) is 19.8 Å². The van der Waals surface area contributed by atoms with Crippen molar-refractivity contribution in [2.24, 2.45) is 11.8 Å². The Morgan fingerprint density at radius 1 is 1.44 bits per heavy atom. The highest BCUT2D eigenvalue weighted by Crippen LogP contribution is 2.35. The monoisotopic (exact) mass is 126 g/mol. The Bertz CT molecular complexity index is 84.6. The van der Waals surface area contributed by atoms with Crippen molar-refractivity contribution in [1.29, 1.82) is 0 Å². The van der Waals surface area contributed by atoms with Crippen LogP contribution in [0.25, 0.3) is 0 Å². The number of nitrogens with one attached hydrogen (secondary N) is 1. The Morgan fingerprint density at radius 2 is 2.00 bits per heavy atom. The highest BCUT2D eigenvalue weighted by Gasteiger charge is 2.24. The van der Waals surface area contributed by atoms with E-state index in [1.54, 1.807) is 0 Å². The van der Waals surface area contributed by atoms with E-state index in [-0.39, 0.29) is 6.04 Å². The van der Waals surface area contributed by atoms with E-state index in [9.17, 15) is 0 Å². The Morgan fingerprint density at radius 3 is 2.33 bits per heavy atom. The summed E-state index contributed by atoms with van der Waals surface area (Å²) in [5.41, 5.74) is 7.40. The highest BCUT2D eigenvalue weighted by atomic mass is 14.6. The quantitative estimate of drug-likeness (QED) is 0.553. The fourth-order valence-corrected chi connectivity index (χ4v) is 1.08. The second-order valence-corrected chi connectivity index (χ2v) is 3.45. The van der Waals surface area contributed by atoms with Crippen molar-refractivity contribution in [3.63, 3.8) is 0 Å². The van der Waals surface area contributed by atoms with Gasteiger partial charge in [-0.25, -0.2) is 0 Å². The van der Waals surface area contributed by atoms with E-state index in [1.807, 2.05) is 6.92 Å².